The van der Waals surface area contributed by atoms with E-state index in [-0.39, 0.29) is 40.8 Å². The Bertz CT molecular complexity index is 1090. The van der Waals surface area contributed by atoms with E-state index in [0.717, 1.165) is 6.20 Å². The van der Waals surface area contributed by atoms with Crippen LogP contribution in [-0.4, -0.2) is 44.4 Å². The monoisotopic (exact) mass is 449 g/mol. The largest absolute Gasteiger partial charge is 0.445 e. The molecule has 1 fully saturated rings. The Morgan fingerprint density at radius 2 is 2.03 bits per heavy atom. The van der Waals surface area contributed by atoms with Gasteiger partial charge < -0.3 is 14.6 Å². The van der Waals surface area contributed by atoms with Crippen LogP contribution in [0.15, 0.2) is 47.5 Å². The van der Waals surface area contributed by atoms with Crippen molar-refractivity contribution >= 4 is 11.7 Å². The Hall–Kier alpha value is -3.50. The molecule has 2 unspecified atom stereocenters. The number of hydrogen-bond donors (Lipinski definition) is 1. The maximum Gasteiger partial charge on any atom is 0.434 e. The molecular formula is C21H19F4N5O2. The Morgan fingerprint density at radius 1 is 1.22 bits per heavy atom. The molecule has 4 rings (SSSR count). The summed E-state index contributed by atoms with van der Waals surface area (Å²) < 4.78 is 57.2. The van der Waals surface area contributed by atoms with Crippen molar-refractivity contribution in [1.29, 1.82) is 0 Å². The maximum atomic E-state index is 13.8. The molecule has 0 bridgehead atoms. The second-order valence-electron chi connectivity index (χ2n) is 7.44. The van der Waals surface area contributed by atoms with Gasteiger partial charge in [-0.1, -0.05) is 0 Å². The van der Waals surface area contributed by atoms with Gasteiger partial charge in [0.05, 0.1) is 29.7 Å². The van der Waals surface area contributed by atoms with Crippen LogP contribution < -0.4 is 5.32 Å². The molecule has 1 saturated heterocycles. The predicted octanol–water partition coefficient (Wildman–Crippen LogP) is 4.39. The molecule has 1 aliphatic rings. The van der Waals surface area contributed by atoms with E-state index in [1.807, 2.05) is 6.92 Å². The highest BCUT2D eigenvalue weighted by atomic mass is 19.4. The number of alkyl halides is 3. The van der Waals surface area contributed by atoms with E-state index in [2.05, 4.69) is 20.3 Å². The summed E-state index contributed by atoms with van der Waals surface area (Å²) in [6.45, 7) is 2.31. The molecule has 2 atom stereocenters. The van der Waals surface area contributed by atoms with Crippen LogP contribution in [0, 0.1) is 5.82 Å². The highest BCUT2D eigenvalue weighted by Crippen LogP contribution is 2.29. The van der Waals surface area contributed by atoms with E-state index in [9.17, 15) is 22.4 Å². The maximum absolute atomic E-state index is 13.8. The molecule has 1 aromatic carbocycles. The number of rotatable bonds is 4. The molecule has 3 heterocycles. The lowest BCUT2D eigenvalue weighted by molar-refractivity contribution is -0.141. The topological polar surface area (TPSA) is 84.2 Å². The second kappa shape index (κ2) is 8.56. The van der Waals surface area contributed by atoms with Gasteiger partial charge in [0.15, 0.2) is 5.69 Å². The summed E-state index contributed by atoms with van der Waals surface area (Å²) in [7, 11) is 0. The molecule has 1 amide bonds. The first-order valence-electron chi connectivity index (χ1n) is 9.90. The summed E-state index contributed by atoms with van der Waals surface area (Å²) in [5.41, 5.74) is -0.585. The molecule has 11 heteroatoms. The zero-order chi connectivity index (χ0) is 22.9. The average molecular weight is 449 g/mol. The van der Waals surface area contributed by atoms with Gasteiger partial charge in [-0.3, -0.25) is 4.79 Å². The zero-order valence-corrected chi connectivity index (χ0v) is 16.9. The summed E-state index contributed by atoms with van der Waals surface area (Å²) in [6.07, 6.45) is 1.21. The number of benzene rings is 1. The Kier molecular flexibility index (Phi) is 5.81. The van der Waals surface area contributed by atoms with Gasteiger partial charge in [-0.2, -0.15) is 13.2 Å². The number of anilines is 1. The number of nitrogens with zero attached hydrogens (tertiary/aromatic N) is 4. The number of carbonyl (C=O) groups excluding carboxylic acids is 1. The standard InChI is InChI=1S/C21H19F4N5O2/c1-12-16(29-18-11-27-17(10-28-18)21(23,24)25)3-2-7-30(12)20(31)14-5-4-13(22)9-15(14)19-26-6-8-32-19/h4-6,8-12,16H,2-3,7H2,1H3,(H,28,29). The Morgan fingerprint density at radius 3 is 2.69 bits per heavy atom. The number of amides is 1. The van der Waals surface area contributed by atoms with E-state index < -0.39 is 17.7 Å². The quantitative estimate of drug-likeness (QED) is 0.595. The minimum absolute atomic E-state index is 0.132. The number of piperidine rings is 1. The third-order valence-electron chi connectivity index (χ3n) is 5.40. The molecular weight excluding hydrogens is 430 g/mol. The SMILES string of the molecule is CC1C(Nc2cnc(C(F)(F)F)cn2)CCCN1C(=O)c1ccc(F)cc1-c1ncco1. The lowest BCUT2D eigenvalue weighted by atomic mass is 9.95. The summed E-state index contributed by atoms with van der Waals surface area (Å²) in [4.78, 5) is 26.2. The van der Waals surface area contributed by atoms with Crippen molar-refractivity contribution in [3.05, 3.63) is 60.1 Å². The fourth-order valence-electron chi connectivity index (χ4n) is 3.75. The highest BCUT2D eigenvalue weighted by Gasteiger charge is 2.35. The number of aromatic nitrogens is 3. The number of likely N-dealkylation sites (tertiary alicyclic amines) is 1. The van der Waals surface area contributed by atoms with E-state index in [1.165, 1.54) is 30.7 Å². The summed E-state index contributed by atoms with van der Waals surface area (Å²) >= 11 is 0. The van der Waals surface area contributed by atoms with Crippen molar-refractivity contribution in [1.82, 2.24) is 19.9 Å². The van der Waals surface area contributed by atoms with E-state index >= 15 is 0 Å². The van der Waals surface area contributed by atoms with Gasteiger partial charge in [0.25, 0.3) is 5.91 Å². The molecule has 0 spiro atoms. The molecule has 3 aromatic rings. The van der Waals surface area contributed by atoms with Gasteiger partial charge in [0.2, 0.25) is 5.89 Å². The molecule has 32 heavy (non-hydrogen) atoms. The molecule has 0 radical (unpaired) electrons. The molecule has 1 N–H and O–H groups in total. The van der Waals surface area contributed by atoms with E-state index in [1.54, 1.807) is 4.90 Å². The third-order valence-corrected chi connectivity index (χ3v) is 5.40. The molecule has 0 aliphatic carbocycles. The fourth-order valence-corrected chi connectivity index (χ4v) is 3.75. The van der Waals surface area contributed by atoms with Crippen LogP contribution in [-0.2, 0) is 6.18 Å². The fraction of sp³-hybridized carbons (Fsp3) is 0.333. The molecule has 1 aliphatic heterocycles. The van der Waals surface area contributed by atoms with Gasteiger partial charge in [-0.25, -0.2) is 19.3 Å². The normalized spacial score (nSPS) is 19.1. The third kappa shape index (κ3) is 4.41. The van der Waals surface area contributed by atoms with Crippen molar-refractivity contribution < 1.29 is 26.8 Å². The zero-order valence-electron chi connectivity index (χ0n) is 16.9. The summed E-state index contributed by atoms with van der Waals surface area (Å²) in [5, 5.41) is 3.07. The minimum atomic E-state index is -4.57. The van der Waals surface area contributed by atoms with Gasteiger partial charge in [-0.15, -0.1) is 0 Å². The summed E-state index contributed by atoms with van der Waals surface area (Å²) in [6, 6.07) is 3.21. The number of hydrogen-bond acceptors (Lipinski definition) is 6. The van der Waals surface area contributed by atoms with Crippen molar-refractivity contribution in [2.75, 3.05) is 11.9 Å². The van der Waals surface area contributed by atoms with Crippen molar-refractivity contribution in [2.24, 2.45) is 0 Å². The number of halogens is 4. The van der Waals surface area contributed by atoms with Crippen LogP contribution >= 0.6 is 0 Å². The Balaban J connectivity index is 1.54. The van der Waals surface area contributed by atoms with Crippen molar-refractivity contribution in [3.63, 3.8) is 0 Å². The van der Waals surface area contributed by atoms with E-state index in [0.29, 0.717) is 25.6 Å². The van der Waals surface area contributed by atoms with Gasteiger partial charge in [0.1, 0.15) is 17.9 Å². The van der Waals surface area contributed by atoms with Crippen LogP contribution in [0.3, 0.4) is 0 Å². The molecule has 7 nitrogen and oxygen atoms in total. The smallest absolute Gasteiger partial charge is 0.434 e. The first-order valence-corrected chi connectivity index (χ1v) is 9.90. The van der Waals surface area contributed by atoms with Crippen molar-refractivity contribution in [2.45, 2.75) is 38.0 Å². The lowest BCUT2D eigenvalue weighted by Crippen LogP contribution is -2.52. The van der Waals surface area contributed by atoms with Crippen LogP contribution in [0.4, 0.5) is 23.4 Å². The highest BCUT2D eigenvalue weighted by molar-refractivity contribution is 6.00. The number of nitrogens with one attached hydrogen (secondary N) is 1. The first-order chi connectivity index (χ1) is 15.2. The summed E-state index contributed by atoms with van der Waals surface area (Å²) in [5.74, 6) is -0.531. The molecule has 0 saturated carbocycles. The van der Waals surface area contributed by atoms with Gasteiger partial charge >= 0.3 is 6.18 Å². The van der Waals surface area contributed by atoms with Crippen LogP contribution in [0.5, 0.6) is 0 Å². The first kappa shape index (κ1) is 21.7. The van der Waals surface area contributed by atoms with Crippen LogP contribution in [0.2, 0.25) is 0 Å². The molecule has 168 valence electrons. The Labute approximate surface area is 180 Å². The minimum Gasteiger partial charge on any atom is -0.445 e. The number of carbonyl (C=O) groups is 1. The van der Waals surface area contributed by atoms with Gasteiger partial charge in [0, 0.05) is 18.6 Å². The second-order valence-corrected chi connectivity index (χ2v) is 7.44. The average Bonchev–Trinajstić information content (AvgIpc) is 3.29. The van der Waals surface area contributed by atoms with Crippen LogP contribution in [0.1, 0.15) is 35.8 Å². The van der Waals surface area contributed by atoms with Gasteiger partial charge in [-0.05, 0) is 38.0 Å². The van der Waals surface area contributed by atoms with E-state index in [4.69, 9.17) is 4.42 Å². The number of oxazole rings is 1. The predicted molar refractivity (Wildman–Crippen MR) is 106 cm³/mol. The lowest BCUT2D eigenvalue weighted by Gasteiger charge is -2.40. The van der Waals surface area contributed by atoms with Crippen molar-refractivity contribution in [3.8, 4) is 11.5 Å². The van der Waals surface area contributed by atoms with Crippen LogP contribution in [0.25, 0.3) is 11.5 Å². The molecule has 2 aromatic heterocycles.